The molecule has 2 aromatic carbocycles. The Morgan fingerprint density at radius 1 is 0.955 bits per heavy atom. The minimum absolute atomic E-state index is 0.146. The quantitative estimate of drug-likeness (QED) is 0.775. The van der Waals surface area contributed by atoms with Gasteiger partial charge in [-0.1, -0.05) is 28.1 Å². The van der Waals surface area contributed by atoms with Gasteiger partial charge in [-0.3, -0.25) is 9.59 Å². The highest BCUT2D eigenvalue weighted by Gasteiger charge is 2.17. The highest BCUT2D eigenvalue weighted by molar-refractivity contribution is 9.10. The summed E-state index contributed by atoms with van der Waals surface area (Å²) in [6.45, 7) is 1.44. The zero-order chi connectivity index (χ0) is 16.1. The number of hydrogen-bond donors (Lipinski definition) is 2. The van der Waals surface area contributed by atoms with Crippen molar-refractivity contribution in [1.29, 1.82) is 0 Å². The normalized spacial score (nSPS) is 11.6. The first-order valence-electron chi connectivity index (χ1n) is 6.54. The van der Waals surface area contributed by atoms with Crippen LogP contribution in [-0.2, 0) is 9.59 Å². The lowest BCUT2D eigenvalue weighted by Gasteiger charge is -2.11. The van der Waals surface area contributed by atoms with Crippen LogP contribution in [0.15, 0.2) is 53.0 Å². The molecular weight excluding hydrogens is 368 g/mol. The van der Waals surface area contributed by atoms with Crippen LogP contribution in [0.1, 0.15) is 17.9 Å². The van der Waals surface area contributed by atoms with Gasteiger partial charge < -0.3 is 10.6 Å². The van der Waals surface area contributed by atoms with Gasteiger partial charge in [-0.2, -0.15) is 0 Å². The Hall–Kier alpha value is -1.85. The van der Waals surface area contributed by atoms with Crippen LogP contribution in [-0.4, -0.2) is 11.8 Å². The van der Waals surface area contributed by atoms with E-state index >= 15 is 0 Å². The number of hydrogen-bond acceptors (Lipinski definition) is 2. The van der Waals surface area contributed by atoms with E-state index in [0.717, 1.165) is 10.0 Å². The SMILES string of the molecule is CC(=O)Nc1ccc(NC(=O)C(Cl)c2ccc(Br)cc2)cc1. The number of carbonyl (C=O) groups is 2. The molecule has 2 rings (SSSR count). The molecule has 2 amide bonds. The smallest absolute Gasteiger partial charge is 0.246 e. The first kappa shape index (κ1) is 16.5. The van der Waals surface area contributed by atoms with Crippen LogP contribution in [0, 0.1) is 0 Å². The molecule has 2 N–H and O–H groups in total. The fourth-order valence-electron chi connectivity index (χ4n) is 1.83. The summed E-state index contributed by atoms with van der Waals surface area (Å²) in [5.74, 6) is -0.455. The number of halogens is 2. The molecular formula is C16H14BrClN2O2. The molecule has 22 heavy (non-hydrogen) atoms. The van der Waals surface area contributed by atoms with Crippen molar-refractivity contribution in [2.75, 3.05) is 10.6 Å². The molecule has 0 aliphatic rings. The van der Waals surface area contributed by atoms with Crippen LogP contribution in [0.3, 0.4) is 0 Å². The molecule has 0 radical (unpaired) electrons. The zero-order valence-electron chi connectivity index (χ0n) is 11.8. The highest BCUT2D eigenvalue weighted by Crippen LogP contribution is 2.24. The van der Waals surface area contributed by atoms with E-state index in [-0.39, 0.29) is 11.8 Å². The van der Waals surface area contributed by atoms with Crippen LogP contribution >= 0.6 is 27.5 Å². The van der Waals surface area contributed by atoms with Gasteiger partial charge in [0, 0.05) is 22.8 Å². The van der Waals surface area contributed by atoms with Gasteiger partial charge in [0.25, 0.3) is 0 Å². The number of carbonyl (C=O) groups excluding carboxylic acids is 2. The molecule has 6 heteroatoms. The van der Waals surface area contributed by atoms with Crippen molar-refractivity contribution in [3.63, 3.8) is 0 Å². The number of alkyl halides is 1. The van der Waals surface area contributed by atoms with Crippen molar-refractivity contribution in [1.82, 2.24) is 0 Å². The predicted octanol–water partition coefficient (Wildman–Crippen LogP) is 4.33. The van der Waals surface area contributed by atoms with Gasteiger partial charge in [0.15, 0.2) is 0 Å². The van der Waals surface area contributed by atoms with E-state index in [0.29, 0.717) is 11.4 Å². The molecule has 4 nitrogen and oxygen atoms in total. The fraction of sp³-hybridized carbons (Fsp3) is 0.125. The van der Waals surface area contributed by atoms with E-state index in [1.807, 2.05) is 12.1 Å². The summed E-state index contributed by atoms with van der Waals surface area (Å²) in [7, 11) is 0. The van der Waals surface area contributed by atoms with Gasteiger partial charge in [0.05, 0.1) is 0 Å². The standard InChI is InChI=1S/C16H14BrClN2O2/c1-10(21)19-13-6-8-14(9-7-13)20-16(22)15(18)11-2-4-12(17)5-3-11/h2-9,15H,1H3,(H,19,21)(H,20,22). The molecule has 0 aromatic heterocycles. The molecule has 0 aliphatic carbocycles. The topological polar surface area (TPSA) is 58.2 Å². The Bertz CT molecular complexity index is 672. The number of anilines is 2. The largest absolute Gasteiger partial charge is 0.326 e. The van der Waals surface area contributed by atoms with Crippen LogP contribution in [0.5, 0.6) is 0 Å². The average Bonchev–Trinajstić information content (AvgIpc) is 2.49. The molecule has 0 aliphatic heterocycles. The summed E-state index contributed by atoms with van der Waals surface area (Å²) < 4.78 is 0.925. The molecule has 1 unspecified atom stereocenters. The van der Waals surface area contributed by atoms with Gasteiger partial charge in [0.2, 0.25) is 11.8 Å². The van der Waals surface area contributed by atoms with E-state index in [2.05, 4.69) is 26.6 Å². The third kappa shape index (κ3) is 4.58. The molecule has 0 bridgehead atoms. The Kier molecular flexibility index (Phi) is 5.57. The van der Waals surface area contributed by atoms with Crippen molar-refractivity contribution < 1.29 is 9.59 Å². The molecule has 0 saturated heterocycles. The van der Waals surface area contributed by atoms with Crippen LogP contribution < -0.4 is 10.6 Å². The summed E-state index contributed by atoms with van der Waals surface area (Å²) in [6, 6.07) is 14.1. The number of rotatable bonds is 4. The zero-order valence-corrected chi connectivity index (χ0v) is 14.1. The third-order valence-electron chi connectivity index (χ3n) is 2.87. The molecule has 0 saturated carbocycles. The van der Waals surface area contributed by atoms with Gasteiger partial charge in [0.1, 0.15) is 5.38 Å². The maximum atomic E-state index is 12.1. The first-order valence-corrected chi connectivity index (χ1v) is 7.76. The van der Waals surface area contributed by atoms with Gasteiger partial charge in [-0.25, -0.2) is 0 Å². The lowest BCUT2D eigenvalue weighted by atomic mass is 10.1. The van der Waals surface area contributed by atoms with E-state index in [1.165, 1.54) is 6.92 Å². The van der Waals surface area contributed by atoms with Gasteiger partial charge in [-0.05, 0) is 42.0 Å². The lowest BCUT2D eigenvalue weighted by Crippen LogP contribution is -2.17. The second-order valence-corrected chi connectivity index (χ2v) is 6.01. The summed E-state index contributed by atoms with van der Waals surface area (Å²) in [5, 5.41) is 4.62. The van der Waals surface area contributed by atoms with Crippen molar-refractivity contribution >= 4 is 50.7 Å². The summed E-state index contributed by atoms with van der Waals surface area (Å²) in [4.78, 5) is 23.1. The lowest BCUT2D eigenvalue weighted by molar-refractivity contribution is -0.116. The molecule has 0 heterocycles. The minimum Gasteiger partial charge on any atom is -0.326 e. The highest BCUT2D eigenvalue weighted by atomic mass is 79.9. The third-order valence-corrected chi connectivity index (χ3v) is 3.84. The summed E-state index contributed by atoms with van der Waals surface area (Å²) >= 11 is 9.51. The van der Waals surface area contributed by atoms with Gasteiger partial charge in [-0.15, -0.1) is 11.6 Å². The maximum Gasteiger partial charge on any atom is 0.246 e. The van der Waals surface area contributed by atoms with E-state index in [9.17, 15) is 9.59 Å². The first-order chi connectivity index (χ1) is 10.5. The van der Waals surface area contributed by atoms with Gasteiger partial charge >= 0.3 is 0 Å². The van der Waals surface area contributed by atoms with Crippen molar-refractivity contribution in [2.24, 2.45) is 0 Å². The van der Waals surface area contributed by atoms with Crippen molar-refractivity contribution in [3.05, 3.63) is 58.6 Å². The fourth-order valence-corrected chi connectivity index (χ4v) is 2.29. The minimum atomic E-state index is -0.775. The molecule has 0 spiro atoms. The number of benzene rings is 2. The second-order valence-electron chi connectivity index (χ2n) is 4.66. The monoisotopic (exact) mass is 380 g/mol. The van der Waals surface area contributed by atoms with Crippen LogP contribution in [0.25, 0.3) is 0 Å². The second kappa shape index (κ2) is 7.42. The van der Waals surface area contributed by atoms with E-state index < -0.39 is 5.38 Å². The van der Waals surface area contributed by atoms with Crippen molar-refractivity contribution in [2.45, 2.75) is 12.3 Å². The Balaban J connectivity index is 2.01. The Morgan fingerprint density at radius 3 is 1.95 bits per heavy atom. The number of amides is 2. The van der Waals surface area contributed by atoms with E-state index in [1.54, 1.807) is 36.4 Å². The molecule has 1 atom stereocenters. The Labute approximate surface area is 142 Å². The van der Waals surface area contributed by atoms with E-state index in [4.69, 9.17) is 11.6 Å². The van der Waals surface area contributed by atoms with Crippen LogP contribution in [0.4, 0.5) is 11.4 Å². The summed E-state index contributed by atoms with van der Waals surface area (Å²) in [5.41, 5.74) is 2.00. The summed E-state index contributed by atoms with van der Waals surface area (Å²) in [6.07, 6.45) is 0. The molecule has 0 fully saturated rings. The van der Waals surface area contributed by atoms with Crippen LogP contribution in [0.2, 0.25) is 0 Å². The average molecular weight is 382 g/mol. The maximum absolute atomic E-state index is 12.1. The number of nitrogens with one attached hydrogen (secondary N) is 2. The predicted molar refractivity (Wildman–Crippen MR) is 92.1 cm³/mol. The molecule has 114 valence electrons. The molecule has 2 aromatic rings. The Morgan fingerprint density at radius 2 is 1.45 bits per heavy atom. The van der Waals surface area contributed by atoms with Crippen molar-refractivity contribution in [3.8, 4) is 0 Å².